The van der Waals surface area contributed by atoms with Gasteiger partial charge in [-0.15, -0.1) is 0 Å². The zero-order valence-electron chi connectivity index (χ0n) is 29.4. The van der Waals surface area contributed by atoms with E-state index in [0.29, 0.717) is 13.0 Å². The molecule has 1 atom stereocenters. The van der Waals surface area contributed by atoms with Crippen LogP contribution in [0.15, 0.2) is 36.5 Å². The fraction of sp³-hybridized carbons (Fsp3) is 0.825. The molecule has 0 amide bonds. The lowest BCUT2D eigenvalue weighted by Gasteiger charge is -2.15. The molecule has 0 aromatic carbocycles. The Labute approximate surface area is 274 Å². The second kappa shape index (κ2) is 37.8. The van der Waals surface area contributed by atoms with E-state index in [0.717, 1.165) is 25.7 Å². The lowest BCUT2D eigenvalue weighted by Crippen LogP contribution is -2.27. The van der Waals surface area contributed by atoms with Gasteiger partial charge in [0.2, 0.25) is 0 Å². The Morgan fingerprint density at radius 1 is 0.545 bits per heavy atom. The number of unbranched alkanes of at least 4 members (excludes halogenated alkanes) is 21. The van der Waals surface area contributed by atoms with Crippen molar-refractivity contribution in [2.75, 3.05) is 19.8 Å². The highest BCUT2D eigenvalue weighted by Crippen LogP contribution is 2.12. The molecule has 1 unspecified atom stereocenters. The minimum Gasteiger partial charge on any atom is -0.457 e. The topological polar surface area (TPSA) is 55.8 Å². The predicted molar refractivity (Wildman–Crippen MR) is 191 cm³/mol. The van der Waals surface area contributed by atoms with Crippen molar-refractivity contribution in [3.05, 3.63) is 36.5 Å². The monoisotopic (exact) mass is 619 g/mol. The molecule has 0 aliphatic carbocycles. The molecular weight excluding hydrogens is 544 g/mol. The van der Waals surface area contributed by atoms with Gasteiger partial charge in [0, 0.05) is 13.0 Å². The van der Waals surface area contributed by atoms with Gasteiger partial charge in [-0.25, -0.2) is 0 Å². The molecule has 0 fully saturated rings. The summed E-state index contributed by atoms with van der Waals surface area (Å²) in [5, 5.41) is 9.56. The first-order valence-electron chi connectivity index (χ1n) is 19.1. The standard InChI is InChI=1S/C40H74O4/c1-3-5-7-9-11-13-15-17-19-20-21-23-25-27-29-31-33-35-40(42)44-39(37-41)38-43-36-34-32-30-28-26-24-22-18-16-14-12-10-8-6-4-2/h10,12,16-19,39,41H,3-9,11,13-15,20-38H2,1-2H3/b12-10-,18-16-,19-17-. The Kier molecular flexibility index (Phi) is 36.6. The van der Waals surface area contributed by atoms with Crippen LogP contribution in [0.4, 0.5) is 0 Å². The van der Waals surface area contributed by atoms with Gasteiger partial charge < -0.3 is 14.6 Å². The van der Waals surface area contributed by atoms with Gasteiger partial charge in [0.15, 0.2) is 0 Å². The van der Waals surface area contributed by atoms with Gasteiger partial charge in [0.25, 0.3) is 0 Å². The number of hydrogen-bond acceptors (Lipinski definition) is 4. The van der Waals surface area contributed by atoms with Gasteiger partial charge in [-0.1, -0.05) is 153 Å². The number of carbonyl (C=O) groups is 1. The Morgan fingerprint density at radius 3 is 1.50 bits per heavy atom. The van der Waals surface area contributed by atoms with Crippen LogP contribution in [-0.4, -0.2) is 37.0 Å². The molecule has 4 heteroatoms. The fourth-order valence-corrected chi connectivity index (χ4v) is 5.28. The molecule has 0 aromatic heterocycles. The fourth-order valence-electron chi connectivity index (χ4n) is 5.28. The first kappa shape index (κ1) is 42.6. The average Bonchev–Trinajstić information content (AvgIpc) is 3.03. The molecule has 0 saturated carbocycles. The minimum atomic E-state index is -0.540. The number of hydrogen-bond donors (Lipinski definition) is 1. The van der Waals surface area contributed by atoms with E-state index in [9.17, 15) is 9.90 Å². The molecule has 4 nitrogen and oxygen atoms in total. The molecule has 1 N–H and O–H groups in total. The second-order valence-electron chi connectivity index (χ2n) is 12.6. The Hall–Kier alpha value is -1.39. The summed E-state index contributed by atoms with van der Waals surface area (Å²) in [5.74, 6) is -0.210. The van der Waals surface area contributed by atoms with Crippen molar-refractivity contribution in [3.63, 3.8) is 0 Å². The van der Waals surface area contributed by atoms with Crippen LogP contribution in [0.1, 0.15) is 187 Å². The van der Waals surface area contributed by atoms with E-state index in [4.69, 9.17) is 9.47 Å². The third-order valence-electron chi connectivity index (χ3n) is 8.19. The number of carbonyl (C=O) groups excluding carboxylic acids is 1. The van der Waals surface area contributed by atoms with Gasteiger partial charge in [-0.05, 0) is 64.2 Å². The number of allylic oxidation sites excluding steroid dienone is 6. The van der Waals surface area contributed by atoms with Crippen LogP contribution < -0.4 is 0 Å². The summed E-state index contributed by atoms with van der Waals surface area (Å²) in [4.78, 5) is 12.2. The average molecular weight is 619 g/mol. The van der Waals surface area contributed by atoms with Crippen LogP contribution in [-0.2, 0) is 14.3 Å². The molecule has 0 bridgehead atoms. The van der Waals surface area contributed by atoms with Crippen molar-refractivity contribution in [2.24, 2.45) is 0 Å². The lowest BCUT2D eigenvalue weighted by atomic mass is 10.1. The van der Waals surface area contributed by atoms with Crippen molar-refractivity contribution >= 4 is 5.97 Å². The summed E-state index contributed by atoms with van der Waals surface area (Å²) in [6.07, 6.45) is 46.1. The summed E-state index contributed by atoms with van der Waals surface area (Å²) in [6, 6.07) is 0. The number of aliphatic hydroxyl groups excluding tert-OH is 1. The summed E-state index contributed by atoms with van der Waals surface area (Å²) < 4.78 is 11.1. The molecule has 0 spiro atoms. The van der Waals surface area contributed by atoms with Gasteiger partial charge >= 0.3 is 5.97 Å². The highest BCUT2D eigenvalue weighted by atomic mass is 16.6. The zero-order valence-corrected chi connectivity index (χ0v) is 29.4. The number of ether oxygens (including phenoxy) is 2. The summed E-state index contributed by atoms with van der Waals surface area (Å²) >= 11 is 0. The summed E-state index contributed by atoms with van der Waals surface area (Å²) in [6.45, 7) is 5.28. The molecule has 0 saturated heterocycles. The molecule has 0 aliphatic heterocycles. The Morgan fingerprint density at radius 2 is 0.977 bits per heavy atom. The van der Waals surface area contributed by atoms with E-state index in [-0.39, 0.29) is 19.2 Å². The zero-order chi connectivity index (χ0) is 32.0. The first-order chi connectivity index (χ1) is 21.7. The van der Waals surface area contributed by atoms with Crippen LogP contribution in [0.25, 0.3) is 0 Å². The highest BCUT2D eigenvalue weighted by molar-refractivity contribution is 5.69. The van der Waals surface area contributed by atoms with Gasteiger partial charge in [0.05, 0.1) is 13.2 Å². The van der Waals surface area contributed by atoms with Crippen molar-refractivity contribution in [3.8, 4) is 0 Å². The van der Waals surface area contributed by atoms with E-state index in [1.807, 2.05) is 0 Å². The van der Waals surface area contributed by atoms with E-state index in [1.54, 1.807) is 0 Å². The molecule has 258 valence electrons. The van der Waals surface area contributed by atoms with E-state index in [1.165, 1.54) is 141 Å². The first-order valence-corrected chi connectivity index (χ1v) is 19.1. The van der Waals surface area contributed by atoms with E-state index < -0.39 is 6.10 Å². The molecule has 0 radical (unpaired) electrons. The second-order valence-corrected chi connectivity index (χ2v) is 12.6. The number of rotatable bonds is 35. The third kappa shape index (κ3) is 35.1. The predicted octanol–water partition coefficient (Wildman–Crippen LogP) is 12.1. The van der Waals surface area contributed by atoms with Gasteiger partial charge in [0.1, 0.15) is 6.10 Å². The quantitative estimate of drug-likeness (QED) is 0.0436. The largest absolute Gasteiger partial charge is 0.457 e. The Balaban J connectivity index is 3.46. The van der Waals surface area contributed by atoms with Gasteiger partial charge in [-0.2, -0.15) is 0 Å². The minimum absolute atomic E-state index is 0.177. The van der Waals surface area contributed by atoms with Crippen molar-refractivity contribution < 1.29 is 19.4 Å². The third-order valence-corrected chi connectivity index (χ3v) is 8.19. The van der Waals surface area contributed by atoms with Crippen molar-refractivity contribution in [1.29, 1.82) is 0 Å². The van der Waals surface area contributed by atoms with Crippen LogP contribution in [0.2, 0.25) is 0 Å². The molecule has 0 aromatic rings. The molecule has 44 heavy (non-hydrogen) atoms. The van der Waals surface area contributed by atoms with Crippen LogP contribution in [0.5, 0.6) is 0 Å². The SMILES string of the molecule is CCCC/C=C\C/C=C\CCCCCCCCOCC(CO)OC(=O)CCCCCCCCC/C=C\CCCCCCCC. The smallest absolute Gasteiger partial charge is 0.306 e. The normalized spacial score (nSPS) is 12.7. The van der Waals surface area contributed by atoms with Crippen LogP contribution >= 0.6 is 0 Å². The summed E-state index contributed by atoms with van der Waals surface area (Å²) in [5.41, 5.74) is 0. The van der Waals surface area contributed by atoms with Crippen molar-refractivity contribution in [2.45, 2.75) is 193 Å². The van der Waals surface area contributed by atoms with Gasteiger partial charge in [-0.3, -0.25) is 4.79 Å². The summed E-state index contributed by atoms with van der Waals surface area (Å²) in [7, 11) is 0. The van der Waals surface area contributed by atoms with Crippen molar-refractivity contribution in [1.82, 2.24) is 0 Å². The van der Waals surface area contributed by atoms with E-state index >= 15 is 0 Å². The Bertz CT molecular complexity index is 654. The maximum Gasteiger partial charge on any atom is 0.306 e. The molecule has 0 heterocycles. The molecule has 0 rings (SSSR count). The van der Waals surface area contributed by atoms with E-state index in [2.05, 4.69) is 50.3 Å². The maximum atomic E-state index is 12.2. The van der Waals surface area contributed by atoms with Crippen LogP contribution in [0.3, 0.4) is 0 Å². The number of esters is 1. The molecular formula is C40H74O4. The lowest BCUT2D eigenvalue weighted by molar-refractivity contribution is -0.154. The number of aliphatic hydroxyl groups is 1. The van der Waals surface area contributed by atoms with Crippen LogP contribution in [0, 0.1) is 0 Å². The molecule has 0 aliphatic rings. The maximum absolute atomic E-state index is 12.2. The highest BCUT2D eigenvalue weighted by Gasteiger charge is 2.13.